The van der Waals surface area contributed by atoms with Crippen LogP contribution in [-0.2, 0) is 11.3 Å². The van der Waals surface area contributed by atoms with E-state index in [0.717, 1.165) is 16.7 Å². The molecule has 0 spiro atoms. The number of aromatic amines is 1. The summed E-state index contributed by atoms with van der Waals surface area (Å²) < 4.78 is 5.54. The molecule has 3 rings (SSSR count). The summed E-state index contributed by atoms with van der Waals surface area (Å²) in [6.07, 6.45) is 3.44. The second kappa shape index (κ2) is 5.44. The van der Waals surface area contributed by atoms with Gasteiger partial charge in [0.2, 0.25) is 0 Å². The average Bonchev–Trinajstić information content (AvgIpc) is 2.94. The van der Waals surface area contributed by atoms with Crippen LogP contribution >= 0.6 is 0 Å². The quantitative estimate of drug-likeness (QED) is 0.697. The van der Waals surface area contributed by atoms with Gasteiger partial charge < -0.3 is 15.0 Å². The van der Waals surface area contributed by atoms with Gasteiger partial charge in [-0.15, -0.1) is 0 Å². The summed E-state index contributed by atoms with van der Waals surface area (Å²) in [5.41, 5.74) is 2.64. The number of aromatic nitrogens is 3. The first-order valence-electron chi connectivity index (χ1n) is 6.24. The normalized spacial score (nSPS) is 10.4. The lowest BCUT2D eigenvalue weighted by molar-refractivity contribution is 0.205. The molecule has 0 bridgehead atoms. The molecule has 20 heavy (non-hydrogen) atoms. The fraction of sp³-hybridized carbons (Fsp3) is 0.0667. The van der Waals surface area contributed by atoms with Gasteiger partial charge in [-0.25, -0.2) is 9.97 Å². The summed E-state index contributed by atoms with van der Waals surface area (Å²) in [7, 11) is 0. The van der Waals surface area contributed by atoms with Gasteiger partial charge in [-0.3, -0.25) is 0 Å². The summed E-state index contributed by atoms with van der Waals surface area (Å²) >= 11 is 0. The summed E-state index contributed by atoms with van der Waals surface area (Å²) in [5.74, 6) is 1.05. The second-order valence-corrected chi connectivity index (χ2v) is 4.29. The van der Waals surface area contributed by atoms with Crippen LogP contribution in [0.1, 0.15) is 5.56 Å². The third kappa shape index (κ3) is 2.77. The highest BCUT2D eigenvalue weighted by molar-refractivity contribution is 5.71. The van der Waals surface area contributed by atoms with Crippen molar-refractivity contribution in [3.63, 3.8) is 0 Å². The van der Waals surface area contributed by atoms with Crippen LogP contribution in [0.25, 0.3) is 11.2 Å². The molecule has 0 fully saturated rings. The molecular weight excluding hydrogens is 252 g/mol. The van der Waals surface area contributed by atoms with Gasteiger partial charge in [-0.05, 0) is 18.2 Å². The molecule has 0 amide bonds. The molecule has 1 aromatic carbocycles. The van der Waals surface area contributed by atoms with Crippen LogP contribution in [0.15, 0.2) is 61.3 Å². The summed E-state index contributed by atoms with van der Waals surface area (Å²) in [4.78, 5) is 11.6. The van der Waals surface area contributed by atoms with Crippen molar-refractivity contribution >= 4 is 17.0 Å². The lowest BCUT2D eigenvalue weighted by Gasteiger charge is -2.10. The zero-order chi connectivity index (χ0) is 13.8. The van der Waals surface area contributed by atoms with E-state index in [2.05, 4.69) is 26.8 Å². The number of hydrogen-bond donors (Lipinski definition) is 2. The third-order valence-electron chi connectivity index (χ3n) is 2.78. The average molecular weight is 266 g/mol. The van der Waals surface area contributed by atoms with E-state index in [4.69, 9.17) is 4.74 Å². The van der Waals surface area contributed by atoms with E-state index in [1.54, 1.807) is 12.4 Å². The highest BCUT2D eigenvalue weighted by Gasteiger charge is 2.02. The van der Waals surface area contributed by atoms with Crippen LogP contribution in [0.4, 0.5) is 5.82 Å². The van der Waals surface area contributed by atoms with Crippen molar-refractivity contribution in [2.75, 3.05) is 5.32 Å². The standard InChI is InChI=1S/C15H14N4O/c1-11(20-10-12-5-3-2-4-6-12)18-14-9-17-15-13(19-14)7-8-16-15/h2-9H,1,10H2,(H,16,17)(H,18,19). The lowest BCUT2D eigenvalue weighted by Crippen LogP contribution is -2.04. The SMILES string of the molecule is C=C(Nc1cnc2[nH]ccc2n1)OCc1ccccc1. The molecule has 2 N–H and O–H groups in total. The van der Waals surface area contributed by atoms with Crippen LogP contribution in [0.3, 0.4) is 0 Å². The Morgan fingerprint density at radius 1 is 1.25 bits per heavy atom. The largest absolute Gasteiger partial charge is 0.475 e. The van der Waals surface area contributed by atoms with Crippen molar-refractivity contribution in [1.29, 1.82) is 0 Å². The number of rotatable bonds is 5. The predicted octanol–water partition coefficient (Wildman–Crippen LogP) is 3.06. The van der Waals surface area contributed by atoms with E-state index in [0.29, 0.717) is 18.3 Å². The zero-order valence-electron chi connectivity index (χ0n) is 10.8. The molecule has 5 heteroatoms. The second-order valence-electron chi connectivity index (χ2n) is 4.29. The van der Waals surface area contributed by atoms with Gasteiger partial charge in [0.1, 0.15) is 12.1 Å². The molecule has 0 radical (unpaired) electrons. The molecule has 100 valence electrons. The Labute approximate surface area is 116 Å². The maximum atomic E-state index is 5.54. The fourth-order valence-corrected chi connectivity index (χ4v) is 1.81. The van der Waals surface area contributed by atoms with Gasteiger partial charge in [-0.1, -0.05) is 30.3 Å². The minimum Gasteiger partial charge on any atom is -0.475 e. The molecule has 0 aliphatic carbocycles. The Bertz CT molecular complexity index is 721. The van der Waals surface area contributed by atoms with Crippen LogP contribution in [0.2, 0.25) is 0 Å². The lowest BCUT2D eigenvalue weighted by atomic mass is 10.2. The van der Waals surface area contributed by atoms with Gasteiger partial charge in [0.15, 0.2) is 17.3 Å². The molecule has 5 nitrogen and oxygen atoms in total. The van der Waals surface area contributed by atoms with Gasteiger partial charge >= 0.3 is 0 Å². The van der Waals surface area contributed by atoms with E-state index in [-0.39, 0.29) is 0 Å². The molecule has 0 saturated heterocycles. The number of nitrogens with zero attached hydrogens (tertiary/aromatic N) is 2. The van der Waals surface area contributed by atoms with Gasteiger partial charge in [0.25, 0.3) is 0 Å². The van der Waals surface area contributed by atoms with Crippen LogP contribution < -0.4 is 5.32 Å². The molecule has 0 atom stereocenters. The Morgan fingerprint density at radius 2 is 2.10 bits per heavy atom. The molecule has 0 unspecified atom stereocenters. The van der Waals surface area contributed by atoms with E-state index < -0.39 is 0 Å². The van der Waals surface area contributed by atoms with Crippen LogP contribution in [-0.4, -0.2) is 15.0 Å². The Balaban J connectivity index is 1.61. The molecule has 0 saturated carbocycles. The van der Waals surface area contributed by atoms with Crippen molar-refractivity contribution in [2.45, 2.75) is 6.61 Å². The number of anilines is 1. The van der Waals surface area contributed by atoms with Gasteiger partial charge in [-0.2, -0.15) is 0 Å². The van der Waals surface area contributed by atoms with E-state index in [9.17, 15) is 0 Å². The Hall–Kier alpha value is -2.82. The van der Waals surface area contributed by atoms with Crippen molar-refractivity contribution in [1.82, 2.24) is 15.0 Å². The topological polar surface area (TPSA) is 62.8 Å². The number of ether oxygens (including phenoxy) is 1. The number of hydrogen-bond acceptors (Lipinski definition) is 4. The highest BCUT2D eigenvalue weighted by Crippen LogP contribution is 2.12. The number of fused-ring (bicyclic) bond motifs is 1. The Morgan fingerprint density at radius 3 is 2.95 bits per heavy atom. The molecular formula is C15H14N4O. The maximum absolute atomic E-state index is 5.54. The maximum Gasteiger partial charge on any atom is 0.185 e. The molecule has 2 heterocycles. The summed E-state index contributed by atoms with van der Waals surface area (Å²) in [6.45, 7) is 4.29. The molecule has 0 aliphatic heterocycles. The number of nitrogens with one attached hydrogen (secondary N) is 2. The third-order valence-corrected chi connectivity index (χ3v) is 2.78. The van der Waals surface area contributed by atoms with Crippen molar-refractivity contribution in [3.8, 4) is 0 Å². The highest BCUT2D eigenvalue weighted by atomic mass is 16.5. The molecule has 2 aromatic heterocycles. The van der Waals surface area contributed by atoms with Crippen molar-refractivity contribution in [3.05, 3.63) is 66.8 Å². The van der Waals surface area contributed by atoms with Crippen molar-refractivity contribution in [2.24, 2.45) is 0 Å². The van der Waals surface area contributed by atoms with E-state index in [1.807, 2.05) is 36.4 Å². The number of benzene rings is 1. The zero-order valence-corrected chi connectivity index (χ0v) is 10.8. The minimum absolute atomic E-state index is 0.443. The molecule has 3 aromatic rings. The van der Waals surface area contributed by atoms with Gasteiger partial charge in [0, 0.05) is 6.20 Å². The summed E-state index contributed by atoms with van der Waals surface area (Å²) in [5, 5.41) is 2.99. The number of H-pyrrole nitrogens is 1. The first-order chi connectivity index (χ1) is 9.81. The van der Waals surface area contributed by atoms with Crippen LogP contribution in [0, 0.1) is 0 Å². The van der Waals surface area contributed by atoms with E-state index >= 15 is 0 Å². The fourth-order valence-electron chi connectivity index (χ4n) is 1.81. The first-order valence-corrected chi connectivity index (χ1v) is 6.24. The Kier molecular flexibility index (Phi) is 3.33. The first kappa shape index (κ1) is 12.2. The monoisotopic (exact) mass is 266 g/mol. The van der Waals surface area contributed by atoms with Gasteiger partial charge in [0.05, 0.1) is 6.20 Å². The van der Waals surface area contributed by atoms with Crippen LogP contribution in [0.5, 0.6) is 0 Å². The van der Waals surface area contributed by atoms with E-state index in [1.165, 1.54) is 0 Å². The summed E-state index contributed by atoms with van der Waals surface area (Å²) in [6, 6.07) is 11.8. The molecule has 0 aliphatic rings. The minimum atomic E-state index is 0.443. The smallest absolute Gasteiger partial charge is 0.185 e. The predicted molar refractivity (Wildman–Crippen MR) is 77.9 cm³/mol. The van der Waals surface area contributed by atoms with Crippen molar-refractivity contribution < 1.29 is 4.74 Å².